The van der Waals surface area contributed by atoms with Gasteiger partial charge in [0.2, 0.25) is 5.91 Å². The van der Waals surface area contributed by atoms with Crippen LogP contribution in [0.15, 0.2) is 46.4 Å². The van der Waals surface area contributed by atoms with Crippen molar-refractivity contribution in [2.75, 3.05) is 13.1 Å². The number of benzene rings is 1. The molecule has 3 N–H and O–H groups in total. The Morgan fingerprint density at radius 1 is 1.26 bits per heavy atom. The van der Waals surface area contributed by atoms with Gasteiger partial charge in [-0.05, 0) is 30.7 Å². The van der Waals surface area contributed by atoms with Crippen LogP contribution in [-0.2, 0) is 9.59 Å². The van der Waals surface area contributed by atoms with Crippen LogP contribution in [0.3, 0.4) is 0 Å². The Hall–Kier alpha value is -2.87. The lowest BCUT2D eigenvalue weighted by Gasteiger charge is -2.31. The van der Waals surface area contributed by atoms with Crippen molar-refractivity contribution in [2.24, 2.45) is 16.6 Å². The Balaban J connectivity index is 1.49. The van der Waals surface area contributed by atoms with Crippen molar-refractivity contribution in [3.63, 3.8) is 0 Å². The number of amidine groups is 1. The van der Waals surface area contributed by atoms with Gasteiger partial charge in [0.05, 0.1) is 16.8 Å². The molecule has 0 unspecified atom stereocenters. The molecule has 1 aromatic heterocycles. The molecule has 1 aromatic carbocycles. The number of amides is 2. The monoisotopic (exact) mass is 381 g/mol. The van der Waals surface area contributed by atoms with Crippen LogP contribution in [0.2, 0.25) is 0 Å². The number of carbonyl (C=O) groups is 2. The number of aromatic nitrogens is 2. The van der Waals surface area contributed by atoms with Gasteiger partial charge in [-0.25, -0.2) is 0 Å². The second-order valence-electron chi connectivity index (χ2n) is 6.54. The number of carbonyl (C=O) groups excluding carboxylic acids is 2. The average molecular weight is 381 g/mol. The highest BCUT2D eigenvalue weighted by Crippen LogP contribution is 2.33. The number of nitrogens with one attached hydrogen (secondary N) is 1. The van der Waals surface area contributed by atoms with Crippen molar-refractivity contribution < 1.29 is 9.59 Å². The molecule has 2 aliphatic heterocycles. The van der Waals surface area contributed by atoms with Gasteiger partial charge in [0.25, 0.3) is 5.91 Å². The second kappa shape index (κ2) is 7.40. The predicted octanol–water partition coefficient (Wildman–Crippen LogP) is 2.24. The molecule has 2 amide bonds. The number of thioether (sulfide) groups is 1. The van der Waals surface area contributed by atoms with E-state index in [4.69, 9.17) is 5.73 Å². The van der Waals surface area contributed by atoms with Crippen LogP contribution in [0.4, 0.5) is 0 Å². The van der Waals surface area contributed by atoms with Gasteiger partial charge < -0.3 is 10.6 Å². The standard InChI is InChI=1S/C19H19N5O2S/c20-17(25)13-6-8-24(9-7-13)19-22-18(26)15(27-19)10-14-11-21-23-16(14)12-4-2-1-3-5-12/h1-5,10-11,13H,6-9H2,(H2,20,25)(H,21,23). The predicted molar refractivity (Wildman–Crippen MR) is 106 cm³/mol. The quantitative estimate of drug-likeness (QED) is 0.794. The minimum Gasteiger partial charge on any atom is -0.369 e. The first-order valence-electron chi connectivity index (χ1n) is 8.77. The van der Waals surface area contributed by atoms with Crippen LogP contribution < -0.4 is 5.73 Å². The fraction of sp³-hybridized carbons (Fsp3) is 0.263. The summed E-state index contributed by atoms with van der Waals surface area (Å²) in [6.07, 6.45) is 4.93. The van der Waals surface area contributed by atoms with Crippen molar-refractivity contribution in [3.8, 4) is 11.3 Å². The molecule has 0 aliphatic carbocycles. The zero-order valence-corrected chi connectivity index (χ0v) is 15.4. The maximum Gasteiger partial charge on any atom is 0.286 e. The minimum atomic E-state index is -0.249. The van der Waals surface area contributed by atoms with Gasteiger partial charge in [-0.3, -0.25) is 14.7 Å². The van der Waals surface area contributed by atoms with E-state index in [0.29, 0.717) is 36.0 Å². The van der Waals surface area contributed by atoms with Crippen LogP contribution >= 0.6 is 11.8 Å². The van der Waals surface area contributed by atoms with Gasteiger partial charge in [-0.1, -0.05) is 30.3 Å². The molecule has 2 aromatic rings. The molecule has 27 heavy (non-hydrogen) atoms. The molecule has 1 saturated heterocycles. The fourth-order valence-electron chi connectivity index (χ4n) is 3.27. The molecular weight excluding hydrogens is 362 g/mol. The van der Waals surface area contributed by atoms with E-state index in [2.05, 4.69) is 20.1 Å². The lowest BCUT2D eigenvalue weighted by Crippen LogP contribution is -2.40. The summed E-state index contributed by atoms with van der Waals surface area (Å²) >= 11 is 1.37. The van der Waals surface area contributed by atoms with E-state index >= 15 is 0 Å². The Morgan fingerprint density at radius 2 is 2.00 bits per heavy atom. The molecule has 4 rings (SSSR count). The third-order valence-corrected chi connectivity index (χ3v) is 5.84. The van der Waals surface area contributed by atoms with Crippen molar-refractivity contribution in [1.82, 2.24) is 15.1 Å². The van der Waals surface area contributed by atoms with E-state index < -0.39 is 0 Å². The van der Waals surface area contributed by atoms with Crippen molar-refractivity contribution in [2.45, 2.75) is 12.8 Å². The van der Waals surface area contributed by atoms with Crippen LogP contribution in [0, 0.1) is 5.92 Å². The highest BCUT2D eigenvalue weighted by Gasteiger charge is 2.30. The Kier molecular flexibility index (Phi) is 4.81. The number of hydrogen-bond acceptors (Lipinski definition) is 5. The molecule has 1 fully saturated rings. The minimum absolute atomic E-state index is 0.0849. The summed E-state index contributed by atoms with van der Waals surface area (Å²) < 4.78 is 0. The molecule has 8 heteroatoms. The first-order valence-corrected chi connectivity index (χ1v) is 9.59. The first kappa shape index (κ1) is 17.5. The third-order valence-electron chi connectivity index (χ3n) is 4.79. The van der Waals surface area contributed by atoms with Crippen molar-refractivity contribution >= 4 is 34.8 Å². The van der Waals surface area contributed by atoms with E-state index in [1.54, 1.807) is 6.20 Å². The van der Waals surface area contributed by atoms with Gasteiger partial charge in [0.1, 0.15) is 0 Å². The van der Waals surface area contributed by atoms with Gasteiger partial charge in [0.15, 0.2) is 5.17 Å². The molecule has 0 bridgehead atoms. The average Bonchev–Trinajstić information content (AvgIpc) is 3.30. The number of hydrogen-bond donors (Lipinski definition) is 2. The Bertz CT molecular complexity index is 927. The summed E-state index contributed by atoms with van der Waals surface area (Å²) in [5, 5.41) is 7.81. The molecule has 0 atom stereocenters. The molecule has 3 heterocycles. The zero-order valence-electron chi connectivity index (χ0n) is 14.6. The number of rotatable bonds is 3. The Morgan fingerprint density at radius 3 is 2.70 bits per heavy atom. The van der Waals surface area contributed by atoms with E-state index in [0.717, 1.165) is 16.8 Å². The SMILES string of the molecule is NC(=O)C1CCN(C2=NC(=O)C(=Cc3cn[nH]c3-c3ccccc3)S2)CC1. The number of aromatic amines is 1. The molecule has 0 radical (unpaired) electrons. The summed E-state index contributed by atoms with van der Waals surface area (Å²) in [5.41, 5.74) is 8.11. The van der Waals surface area contributed by atoms with Gasteiger partial charge in [-0.2, -0.15) is 10.1 Å². The number of aliphatic imine (C=N–C) groups is 1. The van der Waals surface area contributed by atoms with Crippen molar-refractivity contribution in [3.05, 3.63) is 47.0 Å². The van der Waals surface area contributed by atoms with E-state index in [1.807, 2.05) is 36.4 Å². The number of piperidine rings is 1. The molecule has 0 saturated carbocycles. The fourth-order valence-corrected chi connectivity index (χ4v) is 4.23. The summed E-state index contributed by atoms with van der Waals surface area (Å²) in [4.78, 5) is 30.5. The smallest absolute Gasteiger partial charge is 0.286 e. The van der Waals surface area contributed by atoms with E-state index in [-0.39, 0.29) is 17.7 Å². The maximum absolute atomic E-state index is 12.4. The van der Waals surface area contributed by atoms with E-state index in [1.165, 1.54) is 11.8 Å². The first-order chi connectivity index (χ1) is 13.1. The summed E-state index contributed by atoms with van der Waals surface area (Å²) in [7, 11) is 0. The maximum atomic E-state index is 12.4. The number of nitrogens with two attached hydrogens (primary N) is 1. The van der Waals surface area contributed by atoms with Crippen LogP contribution in [0.5, 0.6) is 0 Å². The highest BCUT2D eigenvalue weighted by atomic mass is 32.2. The van der Waals surface area contributed by atoms with Crippen molar-refractivity contribution in [1.29, 1.82) is 0 Å². The molecule has 138 valence electrons. The second-order valence-corrected chi connectivity index (χ2v) is 7.55. The molecule has 7 nitrogen and oxygen atoms in total. The van der Waals surface area contributed by atoms with Gasteiger partial charge in [0, 0.05) is 30.1 Å². The van der Waals surface area contributed by atoms with Crippen LogP contribution in [-0.4, -0.2) is 45.2 Å². The van der Waals surface area contributed by atoms with Gasteiger partial charge in [-0.15, -0.1) is 0 Å². The number of H-pyrrole nitrogens is 1. The molecule has 0 spiro atoms. The Labute approximate surface area is 160 Å². The summed E-state index contributed by atoms with van der Waals surface area (Å²) in [5.74, 6) is -0.578. The highest BCUT2D eigenvalue weighted by molar-refractivity contribution is 8.18. The number of likely N-dealkylation sites (tertiary alicyclic amines) is 1. The van der Waals surface area contributed by atoms with Crippen LogP contribution in [0.1, 0.15) is 18.4 Å². The summed E-state index contributed by atoms with van der Waals surface area (Å²) in [6.45, 7) is 1.36. The zero-order chi connectivity index (χ0) is 18.8. The summed E-state index contributed by atoms with van der Waals surface area (Å²) in [6, 6.07) is 9.85. The third kappa shape index (κ3) is 3.66. The number of nitrogens with zero attached hydrogens (tertiary/aromatic N) is 3. The lowest BCUT2D eigenvalue weighted by molar-refractivity contribution is -0.123. The molecular formula is C19H19N5O2S. The molecule has 2 aliphatic rings. The topological polar surface area (TPSA) is 104 Å². The normalized spacial score (nSPS) is 19.6. The lowest BCUT2D eigenvalue weighted by atomic mass is 9.97. The van der Waals surface area contributed by atoms with E-state index in [9.17, 15) is 9.59 Å². The largest absolute Gasteiger partial charge is 0.369 e. The van der Waals surface area contributed by atoms with Crippen LogP contribution in [0.25, 0.3) is 17.3 Å². The number of primary amides is 1. The van der Waals surface area contributed by atoms with Gasteiger partial charge >= 0.3 is 0 Å².